The summed E-state index contributed by atoms with van der Waals surface area (Å²) in [4.78, 5) is 26.2. The van der Waals surface area contributed by atoms with Gasteiger partial charge in [-0.05, 0) is 26.0 Å². The number of rotatable bonds is 3. The molecule has 0 spiro atoms. The van der Waals surface area contributed by atoms with E-state index in [0.717, 1.165) is 5.69 Å². The number of Topliss-reactive ketones (excluding diaryl/α,β-unsaturated/α-hetero) is 1. The summed E-state index contributed by atoms with van der Waals surface area (Å²) in [5.41, 5.74) is 1.37. The predicted octanol–water partition coefficient (Wildman–Crippen LogP) is 1.47. The van der Waals surface area contributed by atoms with Gasteiger partial charge in [0, 0.05) is 5.69 Å². The standard InChI is InChI=1S/C12H12N2O3/c1-7-4-3-5-9-11(12(16)17)13-10(14(7)9)6-8(2)15/h3-5H,6H2,1-2H3,(H,16,17). The molecular weight excluding hydrogens is 220 g/mol. The third-order valence-corrected chi connectivity index (χ3v) is 2.54. The average molecular weight is 232 g/mol. The summed E-state index contributed by atoms with van der Waals surface area (Å²) in [6, 6.07) is 5.31. The minimum Gasteiger partial charge on any atom is -0.476 e. The number of imidazole rings is 1. The van der Waals surface area contributed by atoms with E-state index in [1.54, 1.807) is 16.5 Å². The number of aromatic nitrogens is 2. The van der Waals surface area contributed by atoms with Crippen molar-refractivity contribution < 1.29 is 14.7 Å². The van der Waals surface area contributed by atoms with Gasteiger partial charge < -0.3 is 5.11 Å². The van der Waals surface area contributed by atoms with Crippen molar-refractivity contribution in [3.8, 4) is 0 Å². The lowest BCUT2D eigenvalue weighted by Gasteiger charge is -2.02. The van der Waals surface area contributed by atoms with Gasteiger partial charge in [0.15, 0.2) is 5.69 Å². The van der Waals surface area contributed by atoms with Gasteiger partial charge in [-0.25, -0.2) is 9.78 Å². The van der Waals surface area contributed by atoms with Crippen LogP contribution in [0, 0.1) is 6.92 Å². The summed E-state index contributed by atoms with van der Waals surface area (Å²) in [6.45, 7) is 3.31. The second-order valence-electron chi connectivity index (χ2n) is 3.95. The van der Waals surface area contributed by atoms with Crippen molar-refractivity contribution in [1.82, 2.24) is 9.38 Å². The number of carbonyl (C=O) groups is 2. The molecule has 0 fully saturated rings. The topological polar surface area (TPSA) is 71.7 Å². The van der Waals surface area contributed by atoms with Crippen LogP contribution in [0.1, 0.15) is 28.9 Å². The highest BCUT2D eigenvalue weighted by Gasteiger charge is 2.18. The molecule has 5 heteroatoms. The number of pyridine rings is 1. The molecule has 17 heavy (non-hydrogen) atoms. The maximum atomic E-state index is 11.1. The molecule has 88 valence electrons. The lowest BCUT2D eigenvalue weighted by molar-refractivity contribution is -0.116. The quantitative estimate of drug-likeness (QED) is 0.869. The lowest BCUT2D eigenvalue weighted by atomic mass is 10.3. The van der Waals surface area contributed by atoms with E-state index in [0.29, 0.717) is 11.3 Å². The summed E-state index contributed by atoms with van der Waals surface area (Å²) < 4.78 is 1.71. The van der Waals surface area contributed by atoms with Crippen LogP contribution in [-0.2, 0) is 11.2 Å². The zero-order valence-electron chi connectivity index (χ0n) is 9.60. The molecular formula is C12H12N2O3. The smallest absolute Gasteiger partial charge is 0.356 e. The highest BCUT2D eigenvalue weighted by atomic mass is 16.4. The number of carbonyl (C=O) groups excluding carboxylic acids is 1. The second-order valence-corrected chi connectivity index (χ2v) is 3.95. The first-order valence-corrected chi connectivity index (χ1v) is 5.20. The molecule has 5 nitrogen and oxygen atoms in total. The molecule has 0 bridgehead atoms. The molecule has 0 saturated carbocycles. The van der Waals surface area contributed by atoms with Crippen LogP contribution in [0.3, 0.4) is 0 Å². The van der Waals surface area contributed by atoms with Crippen LogP contribution in [0.15, 0.2) is 18.2 Å². The summed E-state index contributed by atoms with van der Waals surface area (Å²) in [7, 11) is 0. The van der Waals surface area contributed by atoms with Gasteiger partial charge >= 0.3 is 5.97 Å². The van der Waals surface area contributed by atoms with Gasteiger partial charge in [0.2, 0.25) is 0 Å². The van der Waals surface area contributed by atoms with E-state index >= 15 is 0 Å². The van der Waals surface area contributed by atoms with Crippen molar-refractivity contribution in [2.45, 2.75) is 20.3 Å². The Morgan fingerprint density at radius 2 is 2.12 bits per heavy atom. The third-order valence-electron chi connectivity index (χ3n) is 2.54. The van der Waals surface area contributed by atoms with Crippen LogP contribution in [-0.4, -0.2) is 26.2 Å². The van der Waals surface area contributed by atoms with E-state index in [2.05, 4.69) is 4.98 Å². The number of carboxylic acid groups (broad SMARTS) is 1. The molecule has 2 heterocycles. The molecule has 0 unspecified atom stereocenters. The van der Waals surface area contributed by atoms with Crippen LogP contribution in [0.4, 0.5) is 0 Å². The maximum absolute atomic E-state index is 11.1. The van der Waals surface area contributed by atoms with Gasteiger partial charge in [0.25, 0.3) is 0 Å². The Balaban J connectivity index is 2.75. The number of nitrogens with zero attached hydrogens (tertiary/aromatic N) is 2. The van der Waals surface area contributed by atoms with Gasteiger partial charge in [0.1, 0.15) is 11.6 Å². The van der Waals surface area contributed by atoms with E-state index in [9.17, 15) is 9.59 Å². The number of hydrogen-bond acceptors (Lipinski definition) is 3. The fraction of sp³-hybridized carbons (Fsp3) is 0.250. The molecule has 0 amide bonds. The fourth-order valence-electron chi connectivity index (χ4n) is 1.88. The molecule has 2 aromatic heterocycles. The number of hydrogen-bond donors (Lipinski definition) is 1. The Bertz CT molecular complexity index is 613. The predicted molar refractivity (Wildman–Crippen MR) is 61.3 cm³/mol. The minimum absolute atomic E-state index is 0.00931. The van der Waals surface area contributed by atoms with E-state index in [-0.39, 0.29) is 17.9 Å². The van der Waals surface area contributed by atoms with Gasteiger partial charge in [0.05, 0.1) is 11.9 Å². The normalized spacial score (nSPS) is 10.7. The van der Waals surface area contributed by atoms with Gasteiger partial charge in [-0.15, -0.1) is 0 Å². The fourth-order valence-corrected chi connectivity index (χ4v) is 1.88. The maximum Gasteiger partial charge on any atom is 0.356 e. The SMILES string of the molecule is CC(=O)Cc1nc(C(=O)O)c2cccc(C)n12. The number of aromatic carboxylic acids is 1. The minimum atomic E-state index is -1.08. The Morgan fingerprint density at radius 3 is 2.71 bits per heavy atom. The molecule has 0 aliphatic heterocycles. The number of ketones is 1. The molecule has 0 aliphatic carbocycles. The van der Waals surface area contributed by atoms with Crippen LogP contribution in [0.25, 0.3) is 5.52 Å². The molecule has 0 radical (unpaired) electrons. The van der Waals surface area contributed by atoms with Gasteiger partial charge in [-0.3, -0.25) is 9.20 Å². The van der Waals surface area contributed by atoms with Crippen LogP contribution >= 0.6 is 0 Å². The Labute approximate surface area is 97.7 Å². The second kappa shape index (κ2) is 4.01. The zero-order chi connectivity index (χ0) is 12.6. The summed E-state index contributed by atoms with van der Waals surface area (Å²) >= 11 is 0. The molecule has 2 rings (SSSR count). The van der Waals surface area contributed by atoms with Gasteiger partial charge in [-0.1, -0.05) is 6.07 Å². The first kappa shape index (κ1) is 11.3. The van der Waals surface area contributed by atoms with E-state index < -0.39 is 5.97 Å². The number of aryl methyl sites for hydroxylation is 1. The Morgan fingerprint density at radius 1 is 1.41 bits per heavy atom. The Kier molecular flexibility index (Phi) is 2.67. The third kappa shape index (κ3) is 1.91. The summed E-state index contributed by atoms with van der Waals surface area (Å²) in [5.74, 6) is -0.650. The van der Waals surface area contributed by atoms with E-state index in [1.807, 2.05) is 13.0 Å². The molecule has 1 N–H and O–H groups in total. The average Bonchev–Trinajstić information content (AvgIpc) is 2.57. The highest BCUT2D eigenvalue weighted by Crippen LogP contribution is 2.16. The first-order chi connectivity index (χ1) is 8.00. The molecule has 0 aliphatic rings. The monoisotopic (exact) mass is 232 g/mol. The van der Waals surface area contributed by atoms with Crippen molar-refractivity contribution in [3.05, 3.63) is 35.4 Å². The number of fused-ring (bicyclic) bond motifs is 1. The molecule has 0 atom stereocenters. The summed E-state index contributed by atoms with van der Waals surface area (Å²) in [6.07, 6.45) is 0.138. The van der Waals surface area contributed by atoms with Crippen molar-refractivity contribution in [2.24, 2.45) is 0 Å². The van der Waals surface area contributed by atoms with Crippen molar-refractivity contribution in [2.75, 3.05) is 0 Å². The first-order valence-electron chi connectivity index (χ1n) is 5.20. The highest BCUT2D eigenvalue weighted by molar-refractivity contribution is 5.94. The van der Waals surface area contributed by atoms with E-state index in [1.165, 1.54) is 6.92 Å². The Hall–Kier alpha value is -2.17. The zero-order valence-corrected chi connectivity index (χ0v) is 9.60. The van der Waals surface area contributed by atoms with E-state index in [4.69, 9.17) is 5.11 Å². The number of carboxylic acids is 1. The summed E-state index contributed by atoms with van der Waals surface area (Å²) in [5, 5.41) is 9.06. The van der Waals surface area contributed by atoms with Crippen molar-refractivity contribution in [3.63, 3.8) is 0 Å². The molecule has 0 saturated heterocycles. The van der Waals surface area contributed by atoms with Crippen LogP contribution in [0.5, 0.6) is 0 Å². The van der Waals surface area contributed by atoms with Crippen molar-refractivity contribution >= 4 is 17.3 Å². The van der Waals surface area contributed by atoms with Gasteiger partial charge in [-0.2, -0.15) is 0 Å². The molecule has 0 aromatic carbocycles. The van der Waals surface area contributed by atoms with Crippen molar-refractivity contribution in [1.29, 1.82) is 0 Å². The lowest BCUT2D eigenvalue weighted by Crippen LogP contribution is -2.03. The van der Waals surface area contributed by atoms with Crippen LogP contribution < -0.4 is 0 Å². The largest absolute Gasteiger partial charge is 0.476 e. The molecule has 2 aromatic rings. The van der Waals surface area contributed by atoms with Crippen LogP contribution in [0.2, 0.25) is 0 Å².